The van der Waals surface area contributed by atoms with Crippen molar-refractivity contribution in [3.8, 4) is 5.75 Å². The molecule has 0 radical (unpaired) electrons. The number of halogens is 2. The van der Waals surface area contributed by atoms with Crippen molar-refractivity contribution in [3.05, 3.63) is 104 Å². The number of benzene rings is 3. The van der Waals surface area contributed by atoms with Crippen molar-refractivity contribution < 1.29 is 28.9 Å². The smallest absolute Gasteiger partial charge is 0.306 e. The maximum Gasteiger partial charge on any atom is 0.306 e. The SMILES string of the molecule is CC(C)(C)OC(=O)CC[C@@]1(C(=O)NCCc2ccc(Cl)cc2Cl)N=C(c2ccc(OCCCO)cc2)O[C@@H]1c1ccccc1N=[N+]=[N-]. The van der Waals surface area contributed by atoms with E-state index in [0.717, 1.165) is 5.56 Å². The molecule has 1 amide bonds. The zero-order chi connectivity index (χ0) is 34.0. The molecule has 2 atom stereocenters. The Morgan fingerprint density at radius 3 is 2.55 bits per heavy atom. The minimum atomic E-state index is -1.66. The number of carbonyl (C=O) groups excluding carboxylic acids is 2. The number of hydrogen-bond donors (Lipinski definition) is 2. The van der Waals surface area contributed by atoms with Gasteiger partial charge in [0.2, 0.25) is 5.90 Å². The van der Waals surface area contributed by atoms with Crippen LogP contribution in [-0.4, -0.2) is 53.8 Å². The first-order valence-corrected chi connectivity index (χ1v) is 15.9. The zero-order valence-corrected chi connectivity index (χ0v) is 27.9. The lowest BCUT2D eigenvalue weighted by Gasteiger charge is -2.31. The van der Waals surface area contributed by atoms with Crippen molar-refractivity contribution in [2.45, 2.75) is 63.7 Å². The van der Waals surface area contributed by atoms with Crippen LogP contribution in [0.1, 0.15) is 62.8 Å². The van der Waals surface area contributed by atoms with Gasteiger partial charge in [-0.15, -0.1) is 0 Å². The van der Waals surface area contributed by atoms with Crippen LogP contribution in [0.5, 0.6) is 5.75 Å². The number of azide groups is 1. The predicted molar refractivity (Wildman–Crippen MR) is 180 cm³/mol. The molecule has 3 aromatic carbocycles. The van der Waals surface area contributed by atoms with Crippen molar-refractivity contribution in [3.63, 3.8) is 0 Å². The number of aliphatic imine (C=N–C) groups is 1. The molecule has 1 aliphatic heterocycles. The van der Waals surface area contributed by atoms with E-state index in [4.69, 9.17) is 47.5 Å². The van der Waals surface area contributed by atoms with Crippen molar-refractivity contribution >= 4 is 46.7 Å². The molecule has 0 saturated heterocycles. The zero-order valence-electron chi connectivity index (χ0n) is 26.4. The Labute approximate surface area is 283 Å². The Hall–Kier alpha value is -4.28. The van der Waals surface area contributed by atoms with E-state index in [9.17, 15) is 15.1 Å². The van der Waals surface area contributed by atoms with Gasteiger partial charge in [0.1, 0.15) is 11.4 Å². The van der Waals surface area contributed by atoms with Gasteiger partial charge in [-0.2, -0.15) is 0 Å². The van der Waals surface area contributed by atoms with Crippen LogP contribution in [0.2, 0.25) is 10.0 Å². The average Bonchev–Trinajstić information content (AvgIpc) is 3.42. The lowest BCUT2D eigenvalue weighted by atomic mass is 9.82. The summed E-state index contributed by atoms with van der Waals surface area (Å²) < 4.78 is 17.7. The predicted octanol–water partition coefficient (Wildman–Crippen LogP) is 7.43. The molecule has 0 aliphatic carbocycles. The van der Waals surface area contributed by atoms with E-state index in [1.165, 1.54) is 0 Å². The molecular formula is C34H37Cl2N5O6. The minimum Gasteiger partial charge on any atom is -0.494 e. The van der Waals surface area contributed by atoms with Gasteiger partial charge in [-0.1, -0.05) is 58.6 Å². The Morgan fingerprint density at radius 2 is 1.87 bits per heavy atom. The fraction of sp³-hybridized carbons (Fsp3) is 0.382. The van der Waals surface area contributed by atoms with Crippen LogP contribution in [0.25, 0.3) is 10.4 Å². The Morgan fingerprint density at radius 1 is 1.13 bits per heavy atom. The van der Waals surface area contributed by atoms with E-state index < -0.39 is 29.1 Å². The third kappa shape index (κ3) is 9.39. The third-order valence-electron chi connectivity index (χ3n) is 7.23. The van der Waals surface area contributed by atoms with Crippen LogP contribution in [0, 0.1) is 0 Å². The van der Waals surface area contributed by atoms with Gasteiger partial charge in [0.05, 0.1) is 6.61 Å². The number of aliphatic hydroxyl groups is 1. The first-order valence-electron chi connectivity index (χ1n) is 15.1. The van der Waals surface area contributed by atoms with Crippen molar-refractivity contribution in [2.75, 3.05) is 19.8 Å². The van der Waals surface area contributed by atoms with E-state index >= 15 is 0 Å². The maximum absolute atomic E-state index is 14.4. The molecule has 4 rings (SSSR count). The molecule has 1 aliphatic rings. The quantitative estimate of drug-likeness (QED) is 0.0592. The highest BCUT2D eigenvalue weighted by atomic mass is 35.5. The van der Waals surface area contributed by atoms with E-state index in [1.807, 2.05) is 0 Å². The summed E-state index contributed by atoms with van der Waals surface area (Å²) in [7, 11) is 0. The van der Waals surface area contributed by atoms with Gasteiger partial charge < -0.3 is 24.6 Å². The minimum absolute atomic E-state index is 0.0155. The molecule has 2 N–H and O–H groups in total. The summed E-state index contributed by atoms with van der Waals surface area (Å²) in [6, 6.07) is 18.9. The summed E-state index contributed by atoms with van der Waals surface area (Å²) in [5.41, 5.74) is 8.95. The fourth-order valence-electron chi connectivity index (χ4n) is 5.07. The van der Waals surface area contributed by atoms with Gasteiger partial charge in [-0.3, -0.25) is 9.59 Å². The number of nitrogens with zero attached hydrogens (tertiary/aromatic N) is 4. The van der Waals surface area contributed by atoms with Crippen molar-refractivity contribution in [1.29, 1.82) is 0 Å². The molecule has 13 heteroatoms. The van der Waals surface area contributed by atoms with Gasteiger partial charge in [0, 0.05) is 57.8 Å². The second-order valence-corrected chi connectivity index (χ2v) is 12.7. The van der Waals surface area contributed by atoms with Crippen LogP contribution in [0.3, 0.4) is 0 Å². The molecule has 0 bridgehead atoms. The third-order valence-corrected chi connectivity index (χ3v) is 7.81. The molecular weight excluding hydrogens is 645 g/mol. The molecule has 0 fully saturated rings. The number of carbonyl (C=O) groups is 2. The number of nitrogens with one attached hydrogen (secondary N) is 1. The number of aliphatic hydroxyl groups excluding tert-OH is 1. The molecule has 47 heavy (non-hydrogen) atoms. The number of hydrogen-bond acceptors (Lipinski definition) is 8. The highest BCUT2D eigenvalue weighted by Crippen LogP contribution is 2.46. The standard InChI is InChI=1S/C34H37Cl2N5O6/c1-33(2,3)47-29(43)15-17-34(32(44)38-18-16-22-9-12-24(35)21-27(22)36)30(26-7-4-5-8-28(26)40-41-37)46-31(39-34)23-10-13-25(14-11-23)45-20-6-19-42/h4-5,7-14,21,30,42H,6,15-20H2,1-3H3,(H,38,44)/t30-,34-/m1/s1. The Bertz CT molecular complexity index is 1650. The van der Waals surface area contributed by atoms with Crippen LogP contribution in [0.15, 0.2) is 76.8 Å². The summed E-state index contributed by atoms with van der Waals surface area (Å²) in [4.78, 5) is 35.2. The second kappa shape index (κ2) is 16.0. The Kier molecular flexibility index (Phi) is 12.1. The molecule has 0 spiro atoms. The van der Waals surface area contributed by atoms with Gasteiger partial charge >= 0.3 is 5.97 Å². The molecule has 0 unspecified atom stereocenters. The summed E-state index contributed by atoms with van der Waals surface area (Å²) in [6.07, 6.45) is -0.397. The molecule has 1 heterocycles. The van der Waals surface area contributed by atoms with Crippen LogP contribution >= 0.6 is 23.2 Å². The first kappa shape index (κ1) is 35.6. The van der Waals surface area contributed by atoms with Gasteiger partial charge in [-0.25, -0.2) is 4.99 Å². The van der Waals surface area contributed by atoms with Crippen molar-refractivity contribution in [2.24, 2.45) is 10.1 Å². The average molecular weight is 683 g/mol. The summed E-state index contributed by atoms with van der Waals surface area (Å²) in [5, 5.41) is 16.9. The molecule has 11 nitrogen and oxygen atoms in total. The van der Waals surface area contributed by atoms with Crippen LogP contribution in [0.4, 0.5) is 5.69 Å². The number of ether oxygens (including phenoxy) is 3. The highest BCUT2D eigenvalue weighted by molar-refractivity contribution is 6.35. The monoisotopic (exact) mass is 681 g/mol. The lowest BCUT2D eigenvalue weighted by molar-refractivity contribution is -0.155. The fourth-order valence-corrected chi connectivity index (χ4v) is 5.57. The maximum atomic E-state index is 14.4. The first-order chi connectivity index (χ1) is 22.5. The van der Waals surface area contributed by atoms with Gasteiger partial charge in [0.15, 0.2) is 11.6 Å². The topological polar surface area (TPSA) is 155 Å². The van der Waals surface area contributed by atoms with E-state index in [-0.39, 0.29) is 37.6 Å². The van der Waals surface area contributed by atoms with E-state index in [2.05, 4.69) is 15.3 Å². The van der Waals surface area contributed by atoms with E-state index in [1.54, 1.807) is 87.5 Å². The van der Waals surface area contributed by atoms with Crippen LogP contribution < -0.4 is 10.1 Å². The Balaban J connectivity index is 1.74. The van der Waals surface area contributed by atoms with Crippen molar-refractivity contribution in [1.82, 2.24) is 5.32 Å². The van der Waals surface area contributed by atoms with Crippen LogP contribution in [-0.2, 0) is 25.5 Å². The number of esters is 1. The van der Waals surface area contributed by atoms with Gasteiger partial charge in [-0.05, 0) is 81.1 Å². The largest absolute Gasteiger partial charge is 0.494 e. The molecule has 3 aromatic rings. The second-order valence-electron chi connectivity index (χ2n) is 11.9. The van der Waals surface area contributed by atoms with E-state index in [0.29, 0.717) is 46.4 Å². The molecule has 0 saturated carbocycles. The number of rotatable bonds is 14. The lowest BCUT2D eigenvalue weighted by Crippen LogP contribution is -2.49. The summed E-state index contributed by atoms with van der Waals surface area (Å²) in [5.74, 6) is -0.257. The normalized spacial score (nSPS) is 17.2. The summed E-state index contributed by atoms with van der Waals surface area (Å²) >= 11 is 12.4. The molecule has 0 aromatic heterocycles. The highest BCUT2D eigenvalue weighted by Gasteiger charge is 2.53. The summed E-state index contributed by atoms with van der Waals surface area (Å²) in [6.45, 7) is 5.85. The number of amides is 1. The molecule has 248 valence electrons. The van der Waals surface area contributed by atoms with Gasteiger partial charge in [0.25, 0.3) is 5.91 Å².